The van der Waals surface area contributed by atoms with E-state index in [-0.39, 0.29) is 5.78 Å². The summed E-state index contributed by atoms with van der Waals surface area (Å²) in [4.78, 5) is 11.2. The number of halogens is 1. The minimum atomic E-state index is 0.0208. The zero-order valence-corrected chi connectivity index (χ0v) is 9.31. The van der Waals surface area contributed by atoms with Crippen LogP contribution in [0.3, 0.4) is 0 Å². The summed E-state index contributed by atoms with van der Waals surface area (Å²) >= 11 is 5.95. The van der Waals surface area contributed by atoms with E-state index in [1.807, 2.05) is 13.8 Å². The van der Waals surface area contributed by atoms with E-state index in [1.54, 1.807) is 12.1 Å². The molecule has 14 heavy (non-hydrogen) atoms. The van der Waals surface area contributed by atoms with E-state index < -0.39 is 0 Å². The minimum absolute atomic E-state index is 0.0208. The van der Waals surface area contributed by atoms with E-state index in [9.17, 15) is 4.79 Å². The van der Waals surface area contributed by atoms with Crippen LogP contribution in [0, 0.1) is 6.92 Å². The molecule has 0 N–H and O–H groups in total. The van der Waals surface area contributed by atoms with Crippen LogP contribution < -0.4 is 4.74 Å². The fourth-order valence-electron chi connectivity index (χ4n) is 1.30. The molecule has 0 unspecified atom stereocenters. The van der Waals surface area contributed by atoms with Crippen LogP contribution in [0.4, 0.5) is 0 Å². The molecule has 76 valence electrons. The number of benzene rings is 1. The second-order valence-electron chi connectivity index (χ2n) is 3.09. The van der Waals surface area contributed by atoms with Crippen molar-refractivity contribution in [2.24, 2.45) is 0 Å². The highest BCUT2D eigenvalue weighted by Gasteiger charge is 2.09. The van der Waals surface area contributed by atoms with Gasteiger partial charge in [0.05, 0.1) is 11.6 Å². The number of hydrogen-bond donors (Lipinski definition) is 0. The minimum Gasteiger partial charge on any atom is -0.492 e. The van der Waals surface area contributed by atoms with Crippen molar-refractivity contribution in [3.8, 4) is 5.75 Å². The van der Waals surface area contributed by atoms with E-state index in [1.165, 1.54) is 6.92 Å². The van der Waals surface area contributed by atoms with Gasteiger partial charge >= 0.3 is 0 Å². The predicted molar refractivity (Wildman–Crippen MR) is 57.4 cm³/mol. The summed E-state index contributed by atoms with van der Waals surface area (Å²) in [6, 6.07) is 3.45. The largest absolute Gasteiger partial charge is 0.492 e. The lowest BCUT2D eigenvalue weighted by atomic mass is 10.1. The average Bonchev–Trinajstić information content (AvgIpc) is 2.10. The van der Waals surface area contributed by atoms with Crippen molar-refractivity contribution in [2.75, 3.05) is 6.61 Å². The molecule has 2 nitrogen and oxygen atoms in total. The Bertz CT molecular complexity index is 359. The molecule has 1 rings (SSSR count). The molecule has 0 aromatic heterocycles. The number of carbonyl (C=O) groups excluding carboxylic acids is 1. The Morgan fingerprint density at radius 3 is 2.64 bits per heavy atom. The van der Waals surface area contributed by atoms with Crippen molar-refractivity contribution in [3.05, 3.63) is 28.3 Å². The molecule has 1 aromatic rings. The Labute approximate surface area is 88.8 Å². The van der Waals surface area contributed by atoms with Crippen LogP contribution in [0.15, 0.2) is 12.1 Å². The number of hydrogen-bond acceptors (Lipinski definition) is 2. The van der Waals surface area contributed by atoms with E-state index in [4.69, 9.17) is 16.3 Å². The van der Waals surface area contributed by atoms with Gasteiger partial charge in [-0.2, -0.15) is 0 Å². The monoisotopic (exact) mass is 212 g/mol. The molecule has 0 saturated carbocycles. The smallest absolute Gasteiger partial charge is 0.160 e. The standard InChI is InChI=1S/C11H13ClO2/c1-4-14-11-5-7(2)9(8(3)13)6-10(11)12/h5-6H,4H2,1-3H3. The van der Waals surface area contributed by atoms with Gasteiger partial charge in [-0.25, -0.2) is 0 Å². The molecule has 0 fully saturated rings. The Hall–Kier alpha value is -1.02. The summed E-state index contributed by atoms with van der Waals surface area (Å²) in [7, 11) is 0. The van der Waals surface area contributed by atoms with Gasteiger partial charge in [-0.05, 0) is 38.5 Å². The third kappa shape index (κ3) is 2.26. The molecule has 0 bridgehead atoms. The molecular formula is C11H13ClO2. The van der Waals surface area contributed by atoms with Gasteiger partial charge in [0.25, 0.3) is 0 Å². The number of aryl methyl sites for hydroxylation is 1. The summed E-state index contributed by atoms with van der Waals surface area (Å²) in [5.74, 6) is 0.657. The van der Waals surface area contributed by atoms with Gasteiger partial charge in [-0.1, -0.05) is 11.6 Å². The first-order chi connectivity index (χ1) is 6.56. The zero-order chi connectivity index (χ0) is 10.7. The number of ether oxygens (including phenoxy) is 1. The maximum absolute atomic E-state index is 11.2. The van der Waals surface area contributed by atoms with Crippen LogP contribution >= 0.6 is 11.6 Å². The summed E-state index contributed by atoms with van der Waals surface area (Å²) in [6.07, 6.45) is 0. The van der Waals surface area contributed by atoms with Crippen molar-refractivity contribution >= 4 is 17.4 Å². The van der Waals surface area contributed by atoms with Crippen molar-refractivity contribution in [3.63, 3.8) is 0 Å². The molecular weight excluding hydrogens is 200 g/mol. The van der Waals surface area contributed by atoms with Crippen LogP contribution in [0.1, 0.15) is 29.8 Å². The predicted octanol–water partition coefficient (Wildman–Crippen LogP) is 3.25. The fraction of sp³-hybridized carbons (Fsp3) is 0.364. The van der Waals surface area contributed by atoms with E-state index in [2.05, 4.69) is 0 Å². The van der Waals surface area contributed by atoms with Gasteiger partial charge in [0.1, 0.15) is 5.75 Å². The maximum atomic E-state index is 11.2. The third-order valence-corrected chi connectivity index (χ3v) is 2.25. The van der Waals surface area contributed by atoms with Crippen LogP contribution in [0.25, 0.3) is 0 Å². The fourth-order valence-corrected chi connectivity index (χ4v) is 1.52. The lowest BCUT2D eigenvalue weighted by Crippen LogP contribution is -1.99. The van der Waals surface area contributed by atoms with Crippen molar-refractivity contribution < 1.29 is 9.53 Å². The first-order valence-corrected chi connectivity index (χ1v) is 4.88. The Kier molecular flexibility index (Phi) is 3.53. The topological polar surface area (TPSA) is 26.3 Å². The number of ketones is 1. The lowest BCUT2D eigenvalue weighted by molar-refractivity contribution is 0.101. The van der Waals surface area contributed by atoms with Gasteiger partial charge in [0.15, 0.2) is 5.78 Å². The highest BCUT2D eigenvalue weighted by atomic mass is 35.5. The van der Waals surface area contributed by atoms with E-state index in [0.29, 0.717) is 22.9 Å². The third-order valence-electron chi connectivity index (χ3n) is 1.96. The molecule has 0 aliphatic rings. The molecule has 0 aliphatic carbocycles. The first kappa shape index (κ1) is 11.1. The van der Waals surface area contributed by atoms with Crippen LogP contribution in [0.5, 0.6) is 5.75 Å². The molecule has 0 saturated heterocycles. The molecule has 0 radical (unpaired) electrons. The molecule has 0 heterocycles. The Morgan fingerprint density at radius 2 is 2.14 bits per heavy atom. The first-order valence-electron chi connectivity index (χ1n) is 4.50. The van der Waals surface area contributed by atoms with Gasteiger partial charge < -0.3 is 4.74 Å². The van der Waals surface area contributed by atoms with Crippen LogP contribution in [-0.4, -0.2) is 12.4 Å². The van der Waals surface area contributed by atoms with Gasteiger partial charge in [-0.15, -0.1) is 0 Å². The van der Waals surface area contributed by atoms with Gasteiger partial charge in [0, 0.05) is 5.56 Å². The van der Waals surface area contributed by atoms with E-state index in [0.717, 1.165) is 5.56 Å². The van der Waals surface area contributed by atoms with Crippen LogP contribution in [-0.2, 0) is 0 Å². The van der Waals surface area contributed by atoms with Crippen molar-refractivity contribution in [2.45, 2.75) is 20.8 Å². The lowest BCUT2D eigenvalue weighted by Gasteiger charge is -2.09. The molecule has 0 aliphatic heterocycles. The summed E-state index contributed by atoms with van der Waals surface area (Å²) in [6.45, 7) is 5.86. The van der Waals surface area contributed by atoms with Crippen molar-refractivity contribution in [1.29, 1.82) is 0 Å². The van der Waals surface area contributed by atoms with Crippen molar-refractivity contribution in [1.82, 2.24) is 0 Å². The highest BCUT2D eigenvalue weighted by molar-refractivity contribution is 6.32. The second-order valence-corrected chi connectivity index (χ2v) is 3.49. The highest BCUT2D eigenvalue weighted by Crippen LogP contribution is 2.28. The SMILES string of the molecule is CCOc1cc(C)c(C(C)=O)cc1Cl. The summed E-state index contributed by atoms with van der Waals surface area (Å²) < 4.78 is 5.31. The average molecular weight is 213 g/mol. The van der Waals surface area contributed by atoms with E-state index >= 15 is 0 Å². The van der Waals surface area contributed by atoms with Gasteiger partial charge in [0.2, 0.25) is 0 Å². The molecule has 3 heteroatoms. The molecule has 0 spiro atoms. The molecule has 0 amide bonds. The zero-order valence-electron chi connectivity index (χ0n) is 8.56. The molecule has 1 aromatic carbocycles. The Balaban J connectivity index is 3.17. The maximum Gasteiger partial charge on any atom is 0.160 e. The number of carbonyl (C=O) groups is 1. The summed E-state index contributed by atoms with van der Waals surface area (Å²) in [5, 5.41) is 0.489. The normalized spacial score (nSPS) is 10.0. The second kappa shape index (κ2) is 4.47. The van der Waals surface area contributed by atoms with Crippen LogP contribution in [0.2, 0.25) is 5.02 Å². The Morgan fingerprint density at radius 1 is 1.50 bits per heavy atom. The van der Waals surface area contributed by atoms with Gasteiger partial charge in [-0.3, -0.25) is 4.79 Å². The number of rotatable bonds is 3. The quantitative estimate of drug-likeness (QED) is 0.719. The number of Topliss-reactive ketones (excluding diaryl/α,β-unsaturated/α-hetero) is 1. The molecule has 0 atom stereocenters. The summed E-state index contributed by atoms with van der Waals surface area (Å²) in [5.41, 5.74) is 1.55.